The van der Waals surface area contributed by atoms with Gasteiger partial charge in [-0.2, -0.15) is 0 Å². The number of rotatable bonds is 0. The molecule has 1 aliphatic heterocycles. The lowest BCUT2D eigenvalue weighted by molar-refractivity contribution is -0.201. The summed E-state index contributed by atoms with van der Waals surface area (Å²) in [5.74, 6) is -1.84. The van der Waals surface area contributed by atoms with Crippen molar-refractivity contribution in [1.82, 2.24) is 0 Å². The molecule has 18 heavy (non-hydrogen) atoms. The summed E-state index contributed by atoms with van der Waals surface area (Å²) in [5, 5.41) is 38.8. The Kier molecular flexibility index (Phi) is 2.78. The van der Waals surface area contributed by atoms with Crippen molar-refractivity contribution >= 4 is 0 Å². The molecular weight excluding hydrogens is 240 g/mol. The molecule has 3 unspecified atom stereocenters. The van der Waals surface area contributed by atoms with Gasteiger partial charge in [0.2, 0.25) is 0 Å². The van der Waals surface area contributed by atoms with E-state index in [2.05, 4.69) is 0 Å². The topological polar surface area (TPSA) is 99.4 Å². The summed E-state index contributed by atoms with van der Waals surface area (Å²) in [6.07, 6.45) is -0.0601. The van der Waals surface area contributed by atoms with Crippen LogP contribution >= 0.6 is 0 Å². The Hall–Kier alpha value is -0.820. The fourth-order valence-corrected chi connectivity index (χ4v) is 3.06. The molecular formula is C12H18O6. The molecule has 6 nitrogen and oxygen atoms in total. The Balaban J connectivity index is 1.89. The normalized spacial score (nSPS) is 43.2. The Bertz CT molecular complexity index is 373. The molecule has 6 heteroatoms. The molecule has 2 aliphatic carbocycles. The number of aliphatic hydroxyl groups excluding tert-OH is 4. The van der Waals surface area contributed by atoms with E-state index in [0.29, 0.717) is 12.8 Å². The molecule has 1 saturated carbocycles. The minimum absolute atomic E-state index is 0.430. The van der Waals surface area contributed by atoms with Gasteiger partial charge in [-0.1, -0.05) is 6.42 Å². The van der Waals surface area contributed by atoms with Crippen LogP contribution in [0, 0.1) is 0 Å². The quantitative estimate of drug-likeness (QED) is 0.505. The lowest BCUT2D eigenvalue weighted by Gasteiger charge is -2.32. The molecule has 0 radical (unpaired) electrons. The van der Waals surface area contributed by atoms with Crippen molar-refractivity contribution in [2.24, 2.45) is 0 Å². The third-order valence-corrected chi connectivity index (χ3v) is 4.08. The van der Waals surface area contributed by atoms with Gasteiger partial charge in [-0.25, -0.2) is 0 Å². The van der Waals surface area contributed by atoms with Gasteiger partial charge in [0.05, 0.1) is 0 Å². The Morgan fingerprint density at radius 3 is 2.28 bits per heavy atom. The van der Waals surface area contributed by atoms with Gasteiger partial charge < -0.3 is 29.9 Å². The third-order valence-electron chi connectivity index (χ3n) is 4.08. The molecule has 102 valence electrons. The van der Waals surface area contributed by atoms with Crippen LogP contribution in [0.3, 0.4) is 0 Å². The number of aliphatic hydroxyl groups is 4. The minimum Gasteiger partial charge on any atom is -0.506 e. The zero-order chi connectivity index (χ0) is 12.9. The fraction of sp³-hybridized carbons (Fsp3) is 0.833. The molecule has 3 rings (SSSR count). The van der Waals surface area contributed by atoms with Crippen LogP contribution in [0.4, 0.5) is 0 Å². The molecule has 1 saturated heterocycles. The van der Waals surface area contributed by atoms with Crippen LogP contribution in [-0.2, 0) is 9.47 Å². The maximum absolute atomic E-state index is 9.89. The molecule has 1 spiro atoms. The highest BCUT2D eigenvalue weighted by Crippen LogP contribution is 2.45. The van der Waals surface area contributed by atoms with Gasteiger partial charge >= 0.3 is 0 Å². The average Bonchev–Trinajstić information content (AvgIpc) is 2.74. The molecule has 0 aromatic heterocycles. The molecule has 0 bridgehead atoms. The average molecular weight is 258 g/mol. The highest BCUT2D eigenvalue weighted by atomic mass is 16.8. The lowest BCUT2D eigenvalue weighted by Crippen LogP contribution is -2.49. The first kappa shape index (κ1) is 12.2. The van der Waals surface area contributed by atoms with E-state index in [4.69, 9.17) is 9.47 Å². The Labute approximate surface area is 104 Å². The SMILES string of the molecule is OC1=C(O)C2OC3(CCCCC3)O[C@H]2C(O)C1O. The zero-order valence-electron chi connectivity index (χ0n) is 9.95. The van der Waals surface area contributed by atoms with E-state index in [9.17, 15) is 20.4 Å². The van der Waals surface area contributed by atoms with Crippen LogP contribution in [0.5, 0.6) is 0 Å². The highest BCUT2D eigenvalue weighted by Gasteiger charge is 2.56. The highest BCUT2D eigenvalue weighted by molar-refractivity contribution is 5.21. The van der Waals surface area contributed by atoms with E-state index in [0.717, 1.165) is 19.3 Å². The first-order chi connectivity index (χ1) is 8.54. The molecule has 0 aromatic rings. The first-order valence-electron chi connectivity index (χ1n) is 6.38. The number of hydrogen-bond acceptors (Lipinski definition) is 6. The smallest absolute Gasteiger partial charge is 0.170 e. The first-order valence-corrected chi connectivity index (χ1v) is 6.38. The second-order valence-electron chi connectivity index (χ2n) is 5.30. The van der Waals surface area contributed by atoms with Crippen molar-refractivity contribution in [1.29, 1.82) is 0 Å². The predicted molar refractivity (Wildman–Crippen MR) is 59.9 cm³/mol. The van der Waals surface area contributed by atoms with Crippen molar-refractivity contribution in [3.63, 3.8) is 0 Å². The van der Waals surface area contributed by atoms with E-state index in [1.165, 1.54) is 0 Å². The summed E-state index contributed by atoms with van der Waals surface area (Å²) in [6, 6.07) is 0. The van der Waals surface area contributed by atoms with Crippen molar-refractivity contribution in [2.45, 2.75) is 62.3 Å². The van der Waals surface area contributed by atoms with Crippen molar-refractivity contribution in [3.05, 3.63) is 11.5 Å². The number of ether oxygens (including phenoxy) is 2. The zero-order valence-corrected chi connectivity index (χ0v) is 9.95. The Morgan fingerprint density at radius 2 is 1.61 bits per heavy atom. The van der Waals surface area contributed by atoms with Crippen LogP contribution < -0.4 is 0 Å². The maximum atomic E-state index is 9.89. The molecule has 3 aliphatic rings. The van der Waals surface area contributed by atoms with E-state index in [-0.39, 0.29) is 0 Å². The monoisotopic (exact) mass is 258 g/mol. The minimum atomic E-state index is -1.52. The number of hydrogen-bond donors (Lipinski definition) is 4. The summed E-state index contributed by atoms with van der Waals surface area (Å²) < 4.78 is 11.5. The molecule has 1 heterocycles. The molecule has 0 aromatic carbocycles. The Morgan fingerprint density at radius 1 is 0.944 bits per heavy atom. The van der Waals surface area contributed by atoms with Crippen molar-refractivity contribution in [2.75, 3.05) is 0 Å². The fourth-order valence-electron chi connectivity index (χ4n) is 3.06. The number of fused-ring (bicyclic) bond motifs is 1. The van der Waals surface area contributed by atoms with E-state index in [1.54, 1.807) is 0 Å². The lowest BCUT2D eigenvalue weighted by atomic mass is 9.93. The van der Waals surface area contributed by atoms with Crippen molar-refractivity contribution < 1.29 is 29.9 Å². The standard InChI is InChI=1S/C12H18O6/c13-6-7(14)9(16)11-10(8(6)15)17-12(18-11)4-2-1-3-5-12/h6,8,10-11,13-16H,1-5H2/t6?,8?,10-,11?/m0/s1. The van der Waals surface area contributed by atoms with Gasteiger partial charge in [-0.3, -0.25) is 0 Å². The predicted octanol–water partition coefficient (Wildman–Crippen LogP) is 0.494. The molecule has 4 N–H and O–H groups in total. The van der Waals surface area contributed by atoms with E-state index >= 15 is 0 Å². The van der Waals surface area contributed by atoms with Gasteiger partial charge in [0.25, 0.3) is 0 Å². The second kappa shape index (κ2) is 4.09. The van der Waals surface area contributed by atoms with Gasteiger partial charge in [-0.15, -0.1) is 0 Å². The summed E-state index contributed by atoms with van der Waals surface area (Å²) >= 11 is 0. The van der Waals surface area contributed by atoms with Crippen LogP contribution in [0.1, 0.15) is 32.1 Å². The summed E-state index contributed by atoms with van der Waals surface area (Å²) in [5.41, 5.74) is 0. The van der Waals surface area contributed by atoms with E-state index < -0.39 is 41.7 Å². The van der Waals surface area contributed by atoms with Crippen LogP contribution in [-0.4, -0.2) is 50.6 Å². The van der Waals surface area contributed by atoms with E-state index in [1.807, 2.05) is 0 Å². The second-order valence-corrected chi connectivity index (χ2v) is 5.30. The summed E-state index contributed by atoms with van der Waals surface area (Å²) in [7, 11) is 0. The van der Waals surface area contributed by atoms with Gasteiger partial charge in [0, 0.05) is 12.8 Å². The van der Waals surface area contributed by atoms with Gasteiger partial charge in [0.15, 0.2) is 23.4 Å². The van der Waals surface area contributed by atoms with Crippen LogP contribution in [0.2, 0.25) is 0 Å². The van der Waals surface area contributed by atoms with Gasteiger partial charge in [0.1, 0.15) is 18.3 Å². The van der Waals surface area contributed by atoms with Crippen molar-refractivity contribution in [3.8, 4) is 0 Å². The third kappa shape index (κ3) is 1.64. The molecule has 4 atom stereocenters. The van der Waals surface area contributed by atoms with Gasteiger partial charge in [-0.05, 0) is 12.8 Å². The summed E-state index contributed by atoms with van der Waals surface area (Å²) in [4.78, 5) is 0. The van der Waals surface area contributed by atoms with Crippen LogP contribution in [0.25, 0.3) is 0 Å². The maximum Gasteiger partial charge on any atom is 0.170 e. The molecule has 2 fully saturated rings. The van der Waals surface area contributed by atoms with Crippen LogP contribution in [0.15, 0.2) is 11.5 Å². The molecule has 0 amide bonds. The summed E-state index contributed by atoms with van der Waals surface area (Å²) in [6.45, 7) is 0. The largest absolute Gasteiger partial charge is 0.506 e.